The first-order valence-corrected chi connectivity index (χ1v) is 11.7. The van der Waals surface area contributed by atoms with Crippen molar-refractivity contribution in [1.82, 2.24) is 14.9 Å². The third kappa shape index (κ3) is 5.81. The average molecular weight is 460 g/mol. The van der Waals surface area contributed by atoms with Crippen LogP contribution in [0.2, 0.25) is 0 Å². The molecule has 0 saturated carbocycles. The van der Waals surface area contributed by atoms with Crippen molar-refractivity contribution in [1.29, 1.82) is 0 Å². The second-order valence-electron chi connectivity index (χ2n) is 8.64. The number of aromatic nitrogens is 2. The maximum Gasteiger partial charge on any atom is 0.251 e. The number of benzene rings is 3. The summed E-state index contributed by atoms with van der Waals surface area (Å²) in [4.78, 5) is 17.2. The van der Waals surface area contributed by atoms with Gasteiger partial charge in [-0.1, -0.05) is 38.1 Å². The molecular weight excluding hydrogens is 429 g/mol. The van der Waals surface area contributed by atoms with Gasteiger partial charge in [0.15, 0.2) is 0 Å². The number of carbonyl (C=O) groups excluding carboxylic acids is 1. The number of rotatable bonds is 10. The highest BCUT2D eigenvalue weighted by Crippen LogP contribution is 2.20. The smallest absolute Gasteiger partial charge is 0.251 e. The third-order valence-corrected chi connectivity index (χ3v) is 5.84. The predicted molar refractivity (Wildman–Crippen MR) is 133 cm³/mol. The van der Waals surface area contributed by atoms with E-state index >= 15 is 0 Å². The van der Waals surface area contributed by atoms with E-state index in [4.69, 9.17) is 9.72 Å². The lowest BCUT2D eigenvalue weighted by atomic mass is 10.0. The van der Waals surface area contributed by atoms with Crippen LogP contribution in [0.3, 0.4) is 0 Å². The van der Waals surface area contributed by atoms with E-state index < -0.39 is 0 Å². The Kier molecular flexibility index (Phi) is 7.58. The zero-order valence-electron chi connectivity index (χ0n) is 19.6. The first-order chi connectivity index (χ1) is 16.5. The number of hydrogen-bond acceptors (Lipinski definition) is 3. The molecule has 0 aliphatic rings. The molecule has 1 aromatic heterocycles. The molecule has 0 saturated heterocycles. The number of nitrogens with one attached hydrogen (secondary N) is 1. The summed E-state index contributed by atoms with van der Waals surface area (Å²) in [5.74, 6) is 1.57. The molecule has 34 heavy (non-hydrogen) atoms. The Bertz CT molecular complexity index is 1230. The minimum Gasteiger partial charge on any atom is -0.494 e. The minimum absolute atomic E-state index is 0.254. The zero-order valence-corrected chi connectivity index (χ0v) is 19.6. The van der Waals surface area contributed by atoms with Gasteiger partial charge in [-0.15, -0.1) is 0 Å². The Morgan fingerprint density at radius 2 is 1.74 bits per heavy atom. The summed E-state index contributed by atoms with van der Waals surface area (Å²) in [6.07, 6.45) is 1.82. The van der Waals surface area contributed by atoms with Gasteiger partial charge < -0.3 is 14.6 Å². The minimum atomic E-state index is -0.366. The van der Waals surface area contributed by atoms with Crippen LogP contribution in [0.25, 0.3) is 11.0 Å². The molecule has 0 fully saturated rings. The van der Waals surface area contributed by atoms with Crippen molar-refractivity contribution in [3.8, 4) is 5.75 Å². The fraction of sp³-hybridized carbons (Fsp3) is 0.286. The van der Waals surface area contributed by atoms with Crippen LogP contribution in [0.4, 0.5) is 4.39 Å². The van der Waals surface area contributed by atoms with E-state index in [1.165, 1.54) is 29.8 Å². The largest absolute Gasteiger partial charge is 0.494 e. The highest BCUT2D eigenvalue weighted by Gasteiger charge is 2.12. The number of carbonyl (C=O) groups is 1. The highest BCUT2D eigenvalue weighted by atomic mass is 19.1. The van der Waals surface area contributed by atoms with Gasteiger partial charge in [-0.3, -0.25) is 4.79 Å². The molecule has 4 aromatic rings. The van der Waals surface area contributed by atoms with Gasteiger partial charge in [-0.2, -0.15) is 0 Å². The van der Waals surface area contributed by atoms with Gasteiger partial charge in [-0.05, 0) is 72.9 Å². The van der Waals surface area contributed by atoms with Crippen molar-refractivity contribution in [2.75, 3.05) is 6.61 Å². The van der Waals surface area contributed by atoms with E-state index in [0.29, 0.717) is 24.6 Å². The second-order valence-corrected chi connectivity index (χ2v) is 8.64. The van der Waals surface area contributed by atoms with Crippen molar-refractivity contribution in [2.24, 2.45) is 0 Å². The molecule has 3 aromatic carbocycles. The summed E-state index contributed by atoms with van der Waals surface area (Å²) in [6, 6.07) is 21.8. The molecule has 4 rings (SSSR count). The number of hydrogen-bond donors (Lipinski definition) is 1. The quantitative estimate of drug-likeness (QED) is 0.292. The van der Waals surface area contributed by atoms with Gasteiger partial charge in [0, 0.05) is 12.1 Å². The summed E-state index contributed by atoms with van der Waals surface area (Å²) in [5, 5.41) is 2.90. The molecule has 1 heterocycles. The predicted octanol–water partition coefficient (Wildman–Crippen LogP) is 6.09. The van der Waals surface area contributed by atoms with Crippen molar-refractivity contribution >= 4 is 16.9 Å². The summed E-state index contributed by atoms with van der Waals surface area (Å²) in [6.45, 7) is 6.07. The van der Waals surface area contributed by atoms with Crippen molar-refractivity contribution in [3.05, 3.63) is 95.6 Å². The van der Waals surface area contributed by atoms with Crippen molar-refractivity contribution in [3.63, 3.8) is 0 Å². The number of para-hydroxylation sites is 2. The van der Waals surface area contributed by atoms with Crippen LogP contribution in [-0.4, -0.2) is 22.1 Å². The molecule has 5 nitrogen and oxygen atoms in total. The van der Waals surface area contributed by atoms with Gasteiger partial charge in [0.25, 0.3) is 5.91 Å². The SMILES string of the molecule is CC(C)c1ccc(OCCCCn2c(CNC(=O)c3ccc(F)cc3)nc3ccccc32)cc1. The molecule has 0 bridgehead atoms. The Balaban J connectivity index is 1.34. The fourth-order valence-electron chi connectivity index (χ4n) is 3.88. The van der Waals surface area contributed by atoms with Crippen LogP contribution in [-0.2, 0) is 13.1 Å². The molecule has 0 aliphatic heterocycles. The summed E-state index contributed by atoms with van der Waals surface area (Å²) < 4.78 is 21.2. The number of amides is 1. The molecule has 6 heteroatoms. The normalized spacial score (nSPS) is 11.2. The second kappa shape index (κ2) is 11.0. The van der Waals surface area contributed by atoms with Crippen LogP contribution in [0.1, 0.15) is 54.4 Å². The molecule has 0 spiro atoms. The van der Waals surface area contributed by atoms with Crippen LogP contribution < -0.4 is 10.1 Å². The van der Waals surface area contributed by atoms with Gasteiger partial charge in [0.2, 0.25) is 0 Å². The van der Waals surface area contributed by atoms with Gasteiger partial charge in [0.1, 0.15) is 17.4 Å². The first kappa shape index (κ1) is 23.5. The fourth-order valence-corrected chi connectivity index (χ4v) is 3.88. The average Bonchev–Trinajstić information content (AvgIpc) is 3.20. The monoisotopic (exact) mass is 459 g/mol. The number of fused-ring (bicyclic) bond motifs is 1. The number of ether oxygens (including phenoxy) is 1. The lowest BCUT2D eigenvalue weighted by Crippen LogP contribution is -2.24. The molecule has 176 valence electrons. The summed E-state index contributed by atoms with van der Waals surface area (Å²) in [7, 11) is 0. The van der Waals surface area contributed by atoms with Gasteiger partial charge >= 0.3 is 0 Å². The highest BCUT2D eigenvalue weighted by molar-refractivity contribution is 5.94. The standard InChI is InChI=1S/C28H30FN3O2/c1-20(2)21-11-15-24(16-12-21)34-18-6-5-17-32-26-8-4-3-7-25(26)31-27(32)19-30-28(33)22-9-13-23(29)14-10-22/h3-4,7-16,20H,5-6,17-19H2,1-2H3,(H,30,33). The van der Waals surface area contributed by atoms with E-state index in [2.05, 4.69) is 35.9 Å². The number of halogens is 1. The summed E-state index contributed by atoms with van der Waals surface area (Å²) in [5.41, 5.74) is 3.66. The molecule has 0 atom stereocenters. The van der Waals surface area contributed by atoms with E-state index in [0.717, 1.165) is 42.0 Å². The van der Waals surface area contributed by atoms with E-state index in [1.807, 2.05) is 36.4 Å². The molecule has 1 amide bonds. The van der Waals surface area contributed by atoms with E-state index in [9.17, 15) is 9.18 Å². The van der Waals surface area contributed by atoms with Crippen molar-refractivity contribution in [2.45, 2.75) is 45.7 Å². The number of aryl methyl sites for hydroxylation is 1. The molecule has 0 aliphatic carbocycles. The van der Waals surface area contributed by atoms with Gasteiger partial charge in [-0.25, -0.2) is 9.37 Å². The van der Waals surface area contributed by atoms with Crippen molar-refractivity contribution < 1.29 is 13.9 Å². The number of imidazole rings is 1. The first-order valence-electron chi connectivity index (χ1n) is 11.7. The van der Waals surface area contributed by atoms with Crippen LogP contribution in [0.5, 0.6) is 5.75 Å². The topological polar surface area (TPSA) is 56.1 Å². The van der Waals surface area contributed by atoms with Crippen LogP contribution in [0, 0.1) is 5.82 Å². The molecule has 0 radical (unpaired) electrons. The van der Waals surface area contributed by atoms with Gasteiger partial charge in [0.05, 0.1) is 24.2 Å². The summed E-state index contributed by atoms with van der Waals surface area (Å²) >= 11 is 0. The maximum atomic E-state index is 13.1. The molecule has 1 N–H and O–H groups in total. The Labute approximate surface area is 199 Å². The lowest BCUT2D eigenvalue weighted by molar-refractivity contribution is 0.0949. The Hall–Kier alpha value is -3.67. The Morgan fingerprint density at radius 1 is 1.00 bits per heavy atom. The van der Waals surface area contributed by atoms with Crippen LogP contribution >= 0.6 is 0 Å². The van der Waals surface area contributed by atoms with Crippen LogP contribution in [0.15, 0.2) is 72.8 Å². The Morgan fingerprint density at radius 3 is 2.47 bits per heavy atom. The maximum absolute atomic E-state index is 13.1. The third-order valence-electron chi connectivity index (χ3n) is 5.84. The lowest BCUT2D eigenvalue weighted by Gasteiger charge is -2.11. The van der Waals surface area contributed by atoms with E-state index in [1.54, 1.807) is 0 Å². The van der Waals surface area contributed by atoms with E-state index in [-0.39, 0.29) is 11.7 Å². The molecular formula is C28H30FN3O2. The number of unbranched alkanes of at least 4 members (excludes halogenated alkanes) is 1. The number of nitrogens with zero attached hydrogens (tertiary/aromatic N) is 2. The molecule has 0 unspecified atom stereocenters. The zero-order chi connectivity index (χ0) is 23.9.